The summed E-state index contributed by atoms with van der Waals surface area (Å²) in [4.78, 5) is 44.4. The van der Waals surface area contributed by atoms with E-state index in [1.54, 1.807) is 26.2 Å². The van der Waals surface area contributed by atoms with Crippen molar-refractivity contribution in [3.05, 3.63) is 58.7 Å². The van der Waals surface area contributed by atoms with Gasteiger partial charge in [-0.05, 0) is 44.1 Å². The number of rotatable bonds is 12. The first-order valence-electron chi connectivity index (χ1n) is 13.6. The van der Waals surface area contributed by atoms with Crippen molar-refractivity contribution < 1.29 is 33.3 Å². The van der Waals surface area contributed by atoms with Crippen LogP contribution in [0.1, 0.15) is 41.4 Å². The molecule has 43 heavy (non-hydrogen) atoms. The van der Waals surface area contributed by atoms with Crippen molar-refractivity contribution in [1.29, 1.82) is 0 Å². The molecule has 0 unspecified atom stereocenters. The lowest BCUT2D eigenvalue weighted by Crippen LogP contribution is -2.43. The molecule has 13 heteroatoms. The van der Waals surface area contributed by atoms with Crippen LogP contribution in [0, 0.1) is 6.92 Å². The fourth-order valence-corrected chi connectivity index (χ4v) is 5.13. The largest absolute Gasteiger partial charge is 0.497 e. The number of hydrogen-bond acceptors (Lipinski definition) is 9. The number of carbonyl (C=O) groups is 3. The molecule has 1 aliphatic heterocycles. The van der Waals surface area contributed by atoms with Gasteiger partial charge < -0.3 is 33.7 Å². The summed E-state index contributed by atoms with van der Waals surface area (Å²) in [6, 6.07) is 1.75. The van der Waals surface area contributed by atoms with Crippen LogP contribution >= 0.6 is 11.6 Å². The summed E-state index contributed by atoms with van der Waals surface area (Å²) in [5, 5.41) is 1.47. The van der Waals surface area contributed by atoms with Crippen LogP contribution in [-0.2, 0) is 19.0 Å². The van der Waals surface area contributed by atoms with Gasteiger partial charge in [-0.2, -0.15) is 0 Å². The quantitative estimate of drug-likeness (QED) is 0.0682. The predicted octanol–water partition coefficient (Wildman–Crippen LogP) is 4.19. The van der Waals surface area contributed by atoms with Gasteiger partial charge in [0.15, 0.2) is 5.75 Å². The third-order valence-corrected chi connectivity index (χ3v) is 7.69. The van der Waals surface area contributed by atoms with Crippen molar-refractivity contribution in [1.82, 2.24) is 14.9 Å². The Balaban J connectivity index is 2.03. The lowest BCUT2D eigenvalue weighted by atomic mass is 9.95. The van der Waals surface area contributed by atoms with Gasteiger partial charge in [-0.15, -0.1) is 11.6 Å². The summed E-state index contributed by atoms with van der Waals surface area (Å²) in [6.45, 7) is 10.4. The highest BCUT2D eigenvalue weighted by molar-refractivity contribution is 6.19. The second-order valence-electron chi connectivity index (χ2n) is 10.2. The Kier molecular flexibility index (Phi) is 11.1. The molecule has 3 N–H and O–H groups in total. The number of alkyl halides is 1. The Morgan fingerprint density at radius 2 is 1.93 bits per heavy atom. The summed E-state index contributed by atoms with van der Waals surface area (Å²) in [7, 11) is 5.70. The maximum atomic E-state index is 13.0. The molecule has 1 aromatic carbocycles. The minimum absolute atomic E-state index is 0.124. The fourth-order valence-electron chi connectivity index (χ4n) is 4.88. The van der Waals surface area contributed by atoms with Crippen molar-refractivity contribution in [3.63, 3.8) is 0 Å². The maximum absolute atomic E-state index is 13.0. The number of nitrogens with two attached hydrogens (primary N) is 1. The second kappa shape index (κ2) is 14.3. The Bertz CT molecular complexity index is 1460. The zero-order valence-corrected chi connectivity index (χ0v) is 26.5. The number of nitrogens with one attached hydrogen (secondary N) is 1. The number of hydrogen-bond donors (Lipinski definition) is 2. The number of halogens is 1. The van der Waals surface area contributed by atoms with Crippen LogP contribution in [-0.4, -0.2) is 93.3 Å². The number of aromatic amines is 1. The smallest absolute Gasteiger partial charge is 0.415 e. The number of methoxy groups -OCH3 is 2. The van der Waals surface area contributed by atoms with Crippen molar-refractivity contribution >= 4 is 46.2 Å². The number of fused-ring (bicyclic) bond motifs is 3. The molecule has 1 atom stereocenters. The molecular weight excluding hydrogens is 578 g/mol. The van der Waals surface area contributed by atoms with Gasteiger partial charge in [-0.1, -0.05) is 6.58 Å². The monoisotopic (exact) mass is 617 g/mol. The molecule has 0 bridgehead atoms. The van der Waals surface area contributed by atoms with E-state index in [2.05, 4.69) is 16.5 Å². The van der Waals surface area contributed by atoms with Crippen LogP contribution < -0.4 is 15.5 Å². The minimum atomic E-state index is -0.774. The number of aromatic nitrogens is 1. The Morgan fingerprint density at radius 3 is 2.51 bits per heavy atom. The first-order valence-corrected chi connectivity index (χ1v) is 14.1. The summed E-state index contributed by atoms with van der Waals surface area (Å²) in [6.07, 6.45) is 2.68. The van der Waals surface area contributed by atoms with Crippen molar-refractivity contribution in [2.75, 3.05) is 65.3 Å². The first-order chi connectivity index (χ1) is 20.4. The molecule has 1 aromatic heterocycles. The average Bonchev–Trinajstić information content (AvgIpc) is 3.51. The lowest BCUT2D eigenvalue weighted by Gasteiger charge is -2.22. The number of carbonyl (C=O) groups excluding carboxylic acids is 3. The molecule has 0 aliphatic carbocycles. The van der Waals surface area contributed by atoms with Crippen molar-refractivity contribution in [2.45, 2.75) is 26.7 Å². The normalized spacial score (nSPS) is 15.0. The minimum Gasteiger partial charge on any atom is -0.497 e. The highest BCUT2D eigenvalue weighted by Crippen LogP contribution is 2.47. The Morgan fingerprint density at radius 1 is 1.23 bits per heavy atom. The van der Waals surface area contributed by atoms with E-state index >= 15 is 0 Å². The van der Waals surface area contributed by atoms with Gasteiger partial charge in [0.05, 0.1) is 37.6 Å². The zero-order valence-electron chi connectivity index (χ0n) is 25.7. The first kappa shape index (κ1) is 33.3. The predicted molar refractivity (Wildman–Crippen MR) is 165 cm³/mol. The number of ether oxygens (including phenoxy) is 4. The molecule has 0 saturated carbocycles. The van der Waals surface area contributed by atoms with Gasteiger partial charge >= 0.3 is 12.1 Å². The molecule has 2 aromatic rings. The van der Waals surface area contributed by atoms with E-state index in [1.165, 1.54) is 21.2 Å². The topological polar surface area (TPSA) is 140 Å². The molecule has 0 saturated heterocycles. The van der Waals surface area contributed by atoms with E-state index in [-0.39, 0.29) is 18.2 Å². The van der Waals surface area contributed by atoms with Gasteiger partial charge in [0.1, 0.15) is 18.9 Å². The number of nitrogens with zero attached hydrogens (tertiary/aromatic N) is 3. The molecule has 12 nitrogen and oxygen atoms in total. The summed E-state index contributed by atoms with van der Waals surface area (Å²) < 4.78 is 22.2. The molecule has 0 fully saturated rings. The number of benzene rings is 1. The highest BCUT2D eigenvalue weighted by atomic mass is 35.5. The van der Waals surface area contributed by atoms with E-state index in [0.29, 0.717) is 53.5 Å². The third-order valence-electron chi connectivity index (χ3n) is 7.32. The standard InChI is InChI=1S/C30H40ClN5O7/c1-9-21(40-7)12-17(2)19(4)42-11-10-36-15-20(14-31)26-22(36)13-23(43-30(39)34(5)16-24(37)35(6)32)28-27(26)25(18(3)33-28)29(38)41-8/h9,12-13,20,33H,1,10-11,14-16,32H2,2-8H3/b19-17+,21-12+/t20-/m1/s1. The van der Waals surface area contributed by atoms with Crippen LogP contribution in [0.2, 0.25) is 0 Å². The third kappa shape index (κ3) is 7.26. The molecule has 234 valence electrons. The SMILES string of the molecule is C=C/C(=C\C(C)=C(/C)OCCN1C[C@@H](CCl)c2c1cc(OC(=O)N(C)CC(=O)N(C)N)c1[nH]c(C)c(C(=O)OC)c21)OC. The number of esters is 1. The number of aryl methyl sites for hydroxylation is 1. The van der Waals surface area contributed by atoms with Crippen molar-refractivity contribution in [3.8, 4) is 5.75 Å². The fraction of sp³-hybridized carbons (Fsp3) is 0.433. The van der Waals surface area contributed by atoms with Crippen LogP contribution in [0.4, 0.5) is 10.5 Å². The number of anilines is 1. The van der Waals surface area contributed by atoms with Gasteiger partial charge in [0.2, 0.25) is 0 Å². The molecule has 0 radical (unpaired) electrons. The highest BCUT2D eigenvalue weighted by Gasteiger charge is 2.35. The molecule has 3 rings (SSSR count). The van der Waals surface area contributed by atoms with E-state index in [1.807, 2.05) is 19.9 Å². The molecule has 2 amide bonds. The lowest BCUT2D eigenvalue weighted by molar-refractivity contribution is -0.130. The molecule has 0 spiro atoms. The number of allylic oxidation sites excluding steroid dienone is 4. The summed E-state index contributed by atoms with van der Waals surface area (Å²) in [5.41, 5.74) is 3.83. The van der Waals surface area contributed by atoms with Gasteiger partial charge in [-0.25, -0.2) is 15.4 Å². The molecular formula is C30H40ClN5O7. The van der Waals surface area contributed by atoms with Gasteiger partial charge in [-0.3, -0.25) is 9.80 Å². The van der Waals surface area contributed by atoms with Crippen LogP contribution in [0.15, 0.2) is 41.9 Å². The van der Waals surface area contributed by atoms with Crippen LogP contribution in [0.25, 0.3) is 10.9 Å². The Labute approximate surface area is 256 Å². The average molecular weight is 618 g/mol. The summed E-state index contributed by atoms with van der Waals surface area (Å²) >= 11 is 6.46. The van der Waals surface area contributed by atoms with Crippen molar-refractivity contribution in [2.24, 2.45) is 5.84 Å². The van der Waals surface area contributed by atoms with E-state index < -0.39 is 18.0 Å². The number of hydrazine groups is 1. The van der Waals surface area contributed by atoms with E-state index in [0.717, 1.165) is 32.5 Å². The van der Waals surface area contributed by atoms with Gasteiger partial charge in [0, 0.05) is 55.3 Å². The molecule has 1 aliphatic rings. The Hall–Kier alpha value is -4.16. The van der Waals surface area contributed by atoms with Crippen LogP contribution in [0.5, 0.6) is 5.75 Å². The zero-order chi connectivity index (χ0) is 32.0. The van der Waals surface area contributed by atoms with Gasteiger partial charge in [0.25, 0.3) is 5.91 Å². The maximum Gasteiger partial charge on any atom is 0.415 e. The van der Waals surface area contributed by atoms with Crippen LogP contribution in [0.3, 0.4) is 0 Å². The van der Waals surface area contributed by atoms with E-state index in [9.17, 15) is 14.4 Å². The number of amides is 2. The second-order valence-corrected chi connectivity index (χ2v) is 10.6. The van der Waals surface area contributed by atoms with E-state index in [4.69, 9.17) is 36.4 Å². The summed E-state index contributed by atoms with van der Waals surface area (Å²) in [5.74, 6) is 6.20. The number of H-pyrrole nitrogens is 1. The number of likely N-dealkylation sites (N-methyl/N-ethyl adjacent to an activating group) is 2. The molecule has 2 heterocycles.